The summed E-state index contributed by atoms with van der Waals surface area (Å²) in [6.07, 6.45) is 0.726. The summed E-state index contributed by atoms with van der Waals surface area (Å²) in [7, 11) is 1.79. The number of aryl methyl sites for hydroxylation is 1. The van der Waals surface area contributed by atoms with E-state index in [4.69, 9.17) is 22.1 Å². The molecular formula is C19H20ClN3O2S. The zero-order valence-electron chi connectivity index (χ0n) is 14.7. The van der Waals surface area contributed by atoms with Crippen molar-refractivity contribution in [1.82, 2.24) is 9.88 Å². The van der Waals surface area contributed by atoms with Gasteiger partial charge in [-0.25, -0.2) is 4.98 Å². The first-order valence-electron chi connectivity index (χ1n) is 8.24. The Morgan fingerprint density at radius 3 is 2.92 bits per heavy atom. The minimum atomic E-state index is -0.0234. The Labute approximate surface area is 161 Å². The molecule has 26 heavy (non-hydrogen) atoms. The van der Waals surface area contributed by atoms with Gasteiger partial charge in [0, 0.05) is 24.2 Å². The molecule has 136 valence electrons. The number of anilines is 1. The predicted molar refractivity (Wildman–Crippen MR) is 107 cm³/mol. The lowest BCUT2D eigenvalue weighted by Crippen LogP contribution is -2.28. The molecule has 0 aliphatic heterocycles. The van der Waals surface area contributed by atoms with E-state index in [-0.39, 0.29) is 5.91 Å². The van der Waals surface area contributed by atoms with E-state index in [2.05, 4.69) is 4.98 Å². The predicted octanol–water partition coefficient (Wildman–Crippen LogP) is 4.38. The van der Waals surface area contributed by atoms with Crippen LogP contribution >= 0.6 is 22.9 Å². The number of nitrogen functional groups attached to an aromatic ring is 1. The van der Waals surface area contributed by atoms with E-state index < -0.39 is 0 Å². The van der Waals surface area contributed by atoms with Crippen LogP contribution in [0.2, 0.25) is 5.02 Å². The number of aromatic nitrogens is 1. The lowest BCUT2D eigenvalue weighted by atomic mass is 10.1. The fourth-order valence-corrected chi connectivity index (χ4v) is 3.74. The Morgan fingerprint density at radius 1 is 1.35 bits per heavy atom. The molecule has 0 unspecified atom stereocenters. The van der Waals surface area contributed by atoms with Gasteiger partial charge < -0.3 is 15.4 Å². The molecule has 0 aliphatic carbocycles. The van der Waals surface area contributed by atoms with Crippen LogP contribution in [-0.4, -0.2) is 36.0 Å². The number of amides is 1. The van der Waals surface area contributed by atoms with Crippen LogP contribution in [0.5, 0.6) is 5.75 Å². The third-order valence-corrected chi connectivity index (χ3v) is 5.06. The first-order valence-corrected chi connectivity index (χ1v) is 9.44. The highest BCUT2D eigenvalue weighted by atomic mass is 35.5. The third kappa shape index (κ3) is 4.26. The van der Waals surface area contributed by atoms with E-state index >= 15 is 0 Å². The van der Waals surface area contributed by atoms with Gasteiger partial charge >= 0.3 is 0 Å². The average Bonchev–Trinajstić information content (AvgIpc) is 2.99. The molecule has 2 N–H and O–H groups in total. The number of nitrogens with two attached hydrogens (primary N) is 1. The van der Waals surface area contributed by atoms with Gasteiger partial charge in [-0.3, -0.25) is 4.79 Å². The topological polar surface area (TPSA) is 68.5 Å². The van der Waals surface area contributed by atoms with Gasteiger partial charge in [0.1, 0.15) is 5.75 Å². The third-order valence-electron chi connectivity index (χ3n) is 4.00. The summed E-state index contributed by atoms with van der Waals surface area (Å²) in [6, 6.07) is 11.0. The maximum absolute atomic E-state index is 12.7. The van der Waals surface area contributed by atoms with E-state index in [1.807, 2.05) is 31.2 Å². The van der Waals surface area contributed by atoms with E-state index in [0.717, 1.165) is 28.0 Å². The molecule has 0 radical (unpaired) electrons. The Morgan fingerprint density at radius 2 is 2.15 bits per heavy atom. The number of ether oxygens (including phenoxy) is 1. The van der Waals surface area contributed by atoms with Gasteiger partial charge in [-0.15, -0.1) is 0 Å². The summed E-state index contributed by atoms with van der Waals surface area (Å²) >= 11 is 7.32. The number of carbonyl (C=O) groups is 1. The van der Waals surface area contributed by atoms with Crippen LogP contribution in [0.3, 0.4) is 0 Å². The molecular weight excluding hydrogens is 370 g/mol. The molecule has 0 atom stereocenters. The van der Waals surface area contributed by atoms with Crippen molar-refractivity contribution in [3.63, 3.8) is 0 Å². The van der Waals surface area contributed by atoms with E-state index in [1.165, 1.54) is 11.3 Å². The van der Waals surface area contributed by atoms with Crippen molar-refractivity contribution >= 4 is 44.2 Å². The number of carbonyl (C=O) groups excluding carboxylic acids is 1. The summed E-state index contributed by atoms with van der Waals surface area (Å²) in [6.45, 7) is 3.06. The number of rotatable bonds is 6. The zero-order chi connectivity index (χ0) is 18.7. The summed E-state index contributed by atoms with van der Waals surface area (Å²) in [5, 5.41) is 1.16. The maximum atomic E-state index is 12.7. The van der Waals surface area contributed by atoms with E-state index in [0.29, 0.717) is 28.9 Å². The van der Waals surface area contributed by atoms with Crippen molar-refractivity contribution in [2.75, 3.05) is 25.9 Å². The Bertz CT molecular complexity index is 942. The van der Waals surface area contributed by atoms with Crippen LogP contribution in [0.25, 0.3) is 10.2 Å². The average molecular weight is 390 g/mol. The van der Waals surface area contributed by atoms with Gasteiger partial charge in [-0.1, -0.05) is 29.0 Å². The molecule has 0 aliphatic rings. The highest BCUT2D eigenvalue weighted by Gasteiger charge is 2.15. The van der Waals surface area contributed by atoms with Gasteiger partial charge in [0.15, 0.2) is 5.13 Å². The number of nitrogens with zero attached hydrogens (tertiary/aromatic N) is 2. The van der Waals surface area contributed by atoms with Crippen LogP contribution in [0.1, 0.15) is 22.3 Å². The van der Waals surface area contributed by atoms with Crippen molar-refractivity contribution in [2.45, 2.75) is 13.3 Å². The summed E-state index contributed by atoms with van der Waals surface area (Å²) in [4.78, 5) is 18.7. The second kappa shape index (κ2) is 7.93. The number of fused-ring (bicyclic) bond motifs is 1. The van der Waals surface area contributed by atoms with Gasteiger partial charge in [-0.2, -0.15) is 0 Å². The van der Waals surface area contributed by atoms with Crippen LogP contribution in [0, 0.1) is 6.92 Å². The Kier molecular flexibility index (Phi) is 5.64. The fraction of sp³-hybridized carbons (Fsp3) is 0.263. The highest BCUT2D eigenvalue weighted by molar-refractivity contribution is 7.22. The number of hydrogen-bond acceptors (Lipinski definition) is 5. The molecule has 5 nitrogen and oxygen atoms in total. The smallest absolute Gasteiger partial charge is 0.253 e. The molecule has 0 bridgehead atoms. The first kappa shape index (κ1) is 18.5. The first-order chi connectivity index (χ1) is 12.4. The summed E-state index contributed by atoms with van der Waals surface area (Å²) in [5.74, 6) is 0.708. The number of hydrogen-bond donors (Lipinski definition) is 1. The summed E-state index contributed by atoms with van der Waals surface area (Å²) < 4.78 is 6.59. The molecule has 1 heterocycles. The summed E-state index contributed by atoms with van der Waals surface area (Å²) in [5.41, 5.74) is 8.24. The van der Waals surface area contributed by atoms with Crippen LogP contribution < -0.4 is 10.5 Å². The normalized spacial score (nSPS) is 10.9. The monoisotopic (exact) mass is 389 g/mol. The quantitative estimate of drug-likeness (QED) is 0.635. The van der Waals surface area contributed by atoms with Gasteiger partial charge in [0.05, 0.1) is 16.8 Å². The minimum absolute atomic E-state index is 0.0234. The van der Waals surface area contributed by atoms with Crippen molar-refractivity contribution < 1.29 is 9.53 Å². The molecule has 1 amide bonds. The van der Waals surface area contributed by atoms with Crippen molar-refractivity contribution in [2.24, 2.45) is 0 Å². The Hall–Kier alpha value is -2.31. The van der Waals surface area contributed by atoms with Crippen molar-refractivity contribution in [3.05, 3.63) is 52.5 Å². The number of thiazole rings is 1. The maximum Gasteiger partial charge on any atom is 0.253 e. The molecule has 3 aromatic rings. The molecule has 0 fully saturated rings. The second-order valence-electron chi connectivity index (χ2n) is 6.08. The van der Waals surface area contributed by atoms with E-state index in [1.54, 1.807) is 24.1 Å². The van der Waals surface area contributed by atoms with Crippen molar-refractivity contribution in [3.8, 4) is 5.75 Å². The SMILES string of the molecule is Cc1cc(C(=O)N(C)CCCOc2cccc(Cl)c2)cc2sc(N)nc12. The van der Waals surface area contributed by atoms with Gasteiger partial charge in [0.25, 0.3) is 5.91 Å². The lowest BCUT2D eigenvalue weighted by molar-refractivity contribution is 0.0788. The number of benzene rings is 2. The highest BCUT2D eigenvalue weighted by Crippen LogP contribution is 2.28. The lowest BCUT2D eigenvalue weighted by Gasteiger charge is -2.17. The molecule has 2 aromatic carbocycles. The molecule has 7 heteroatoms. The zero-order valence-corrected chi connectivity index (χ0v) is 16.2. The van der Waals surface area contributed by atoms with Gasteiger partial charge in [-0.05, 0) is 49.2 Å². The largest absolute Gasteiger partial charge is 0.493 e. The van der Waals surface area contributed by atoms with Crippen molar-refractivity contribution in [1.29, 1.82) is 0 Å². The standard InChI is InChI=1S/C19H20ClN3O2S/c1-12-9-13(10-16-17(12)22-19(21)26-16)18(24)23(2)7-4-8-25-15-6-3-5-14(20)11-15/h3,5-6,9-11H,4,7-8H2,1-2H3,(H2,21,22). The molecule has 1 aromatic heterocycles. The second-order valence-corrected chi connectivity index (χ2v) is 7.58. The molecule has 0 saturated heterocycles. The molecule has 0 spiro atoms. The molecule has 3 rings (SSSR count). The van der Waals surface area contributed by atoms with E-state index in [9.17, 15) is 4.79 Å². The Balaban J connectivity index is 1.57. The fourth-order valence-electron chi connectivity index (χ4n) is 2.71. The van der Waals surface area contributed by atoms with Crippen LogP contribution in [0.15, 0.2) is 36.4 Å². The van der Waals surface area contributed by atoms with Gasteiger partial charge in [0.2, 0.25) is 0 Å². The number of halogens is 1. The minimum Gasteiger partial charge on any atom is -0.493 e. The van der Waals surface area contributed by atoms with Crippen LogP contribution in [-0.2, 0) is 0 Å². The van der Waals surface area contributed by atoms with Crippen LogP contribution in [0.4, 0.5) is 5.13 Å². The molecule has 0 saturated carbocycles.